The molecule has 0 spiro atoms. The molecule has 0 amide bonds. The Morgan fingerprint density at radius 3 is 2.50 bits per heavy atom. The first-order chi connectivity index (χ1) is 9.47. The molecular weight excluding hydrogens is 265 g/mol. The number of hydrogen-bond acceptors (Lipinski definition) is 3. The number of ether oxygens (including phenoxy) is 1. The Morgan fingerprint density at radius 2 is 1.85 bits per heavy atom. The highest BCUT2D eigenvalue weighted by molar-refractivity contribution is 6.59. The summed E-state index contributed by atoms with van der Waals surface area (Å²) in [5.74, 6) is -0.641. The van der Waals surface area contributed by atoms with Gasteiger partial charge in [0.1, 0.15) is 24.0 Å². The van der Waals surface area contributed by atoms with E-state index in [-0.39, 0.29) is 17.9 Å². The lowest BCUT2D eigenvalue weighted by atomic mass is 9.77. The smallest absolute Gasteiger partial charge is 0.488 e. The van der Waals surface area contributed by atoms with Crippen LogP contribution >= 0.6 is 0 Å². The molecule has 0 saturated heterocycles. The summed E-state index contributed by atoms with van der Waals surface area (Å²) in [4.78, 5) is 0. The van der Waals surface area contributed by atoms with E-state index in [1.165, 1.54) is 18.2 Å². The number of hydrogen-bond donors (Lipinski definition) is 2. The van der Waals surface area contributed by atoms with Crippen molar-refractivity contribution in [2.45, 2.75) is 13.5 Å². The van der Waals surface area contributed by atoms with Crippen molar-refractivity contribution in [3.05, 3.63) is 59.2 Å². The number of aryl methyl sites for hydroxylation is 1. The second-order valence-electron chi connectivity index (χ2n) is 4.42. The molecule has 0 bridgehead atoms. The lowest BCUT2D eigenvalue weighted by Crippen LogP contribution is -2.34. The van der Waals surface area contributed by atoms with E-state index < -0.39 is 12.9 Å². The van der Waals surface area contributed by atoms with E-state index in [0.717, 1.165) is 6.07 Å². The van der Waals surface area contributed by atoms with Crippen LogP contribution in [0.15, 0.2) is 36.4 Å². The van der Waals surface area contributed by atoms with Crippen LogP contribution in [0.3, 0.4) is 0 Å². The normalized spacial score (nSPS) is 10.4. The first-order valence-electron chi connectivity index (χ1n) is 6.01. The second kappa shape index (κ2) is 6.03. The van der Waals surface area contributed by atoms with Crippen molar-refractivity contribution in [2.24, 2.45) is 0 Å². The van der Waals surface area contributed by atoms with E-state index in [1.807, 2.05) is 0 Å². The standard InChI is InChI=1S/C14H13BF2O3/c1-9-2-5-12(7-14(9)17)20-8-10-3-4-11(16)6-13(10)15(18)19/h2-7,18-19H,8H2,1H3. The molecule has 104 valence electrons. The predicted molar refractivity (Wildman–Crippen MR) is 71.7 cm³/mol. The second-order valence-corrected chi connectivity index (χ2v) is 4.42. The van der Waals surface area contributed by atoms with Gasteiger partial charge in [-0.15, -0.1) is 0 Å². The van der Waals surface area contributed by atoms with Gasteiger partial charge in [-0.05, 0) is 41.7 Å². The topological polar surface area (TPSA) is 49.7 Å². The zero-order chi connectivity index (χ0) is 14.7. The lowest BCUT2D eigenvalue weighted by molar-refractivity contribution is 0.304. The molecule has 2 rings (SSSR count). The van der Waals surface area contributed by atoms with Gasteiger partial charge < -0.3 is 14.8 Å². The van der Waals surface area contributed by atoms with Gasteiger partial charge in [-0.1, -0.05) is 12.1 Å². The largest absolute Gasteiger partial charge is 0.489 e. The van der Waals surface area contributed by atoms with Crippen molar-refractivity contribution < 1.29 is 23.6 Å². The van der Waals surface area contributed by atoms with Crippen LogP contribution < -0.4 is 10.2 Å². The minimum absolute atomic E-state index is 0.0181. The third-order valence-electron chi connectivity index (χ3n) is 2.92. The van der Waals surface area contributed by atoms with Crippen molar-refractivity contribution >= 4 is 12.6 Å². The summed E-state index contributed by atoms with van der Waals surface area (Å²) in [6.45, 7) is 1.62. The Bertz CT molecular complexity index is 617. The summed E-state index contributed by atoms with van der Waals surface area (Å²) in [5.41, 5.74) is 0.950. The van der Waals surface area contributed by atoms with Crippen LogP contribution in [0.2, 0.25) is 0 Å². The molecule has 0 radical (unpaired) electrons. The molecule has 0 unspecified atom stereocenters. The molecule has 0 saturated carbocycles. The highest BCUT2D eigenvalue weighted by atomic mass is 19.1. The van der Waals surface area contributed by atoms with Gasteiger partial charge in [0.2, 0.25) is 0 Å². The van der Waals surface area contributed by atoms with Crippen molar-refractivity contribution in [1.82, 2.24) is 0 Å². The van der Waals surface area contributed by atoms with E-state index in [2.05, 4.69) is 0 Å². The van der Waals surface area contributed by atoms with Crippen LogP contribution in [0.4, 0.5) is 8.78 Å². The fourth-order valence-corrected chi connectivity index (χ4v) is 1.76. The molecular formula is C14H13BF2O3. The minimum atomic E-state index is -1.79. The summed E-state index contributed by atoms with van der Waals surface area (Å²) in [5, 5.41) is 18.4. The Balaban J connectivity index is 2.16. The Kier molecular flexibility index (Phi) is 4.37. The van der Waals surface area contributed by atoms with Crippen LogP contribution in [0.25, 0.3) is 0 Å². The molecule has 0 fully saturated rings. The zero-order valence-corrected chi connectivity index (χ0v) is 10.8. The van der Waals surface area contributed by atoms with E-state index in [1.54, 1.807) is 19.1 Å². The maximum atomic E-state index is 13.4. The Labute approximate surface area is 115 Å². The summed E-state index contributed by atoms with van der Waals surface area (Å²) < 4.78 is 31.8. The molecule has 0 aliphatic heterocycles. The van der Waals surface area contributed by atoms with Gasteiger partial charge >= 0.3 is 7.12 Å². The summed E-state index contributed by atoms with van der Waals surface area (Å²) in [6, 6.07) is 8.05. The molecule has 2 aromatic rings. The summed E-state index contributed by atoms with van der Waals surface area (Å²) >= 11 is 0. The van der Waals surface area contributed by atoms with Crippen molar-refractivity contribution in [3.8, 4) is 5.75 Å². The van der Waals surface area contributed by atoms with Crippen molar-refractivity contribution in [1.29, 1.82) is 0 Å². The van der Waals surface area contributed by atoms with Gasteiger partial charge in [0.25, 0.3) is 0 Å². The average Bonchev–Trinajstić information content (AvgIpc) is 2.41. The van der Waals surface area contributed by atoms with Crippen molar-refractivity contribution in [3.63, 3.8) is 0 Å². The van der Waals surface area contributed by atoms with Gasteiger partial charge in [-0.25, -0.2) is 8.78 Å². The van der Waals surface area contributed by atoms with Crippen molar-refractivity contribution in [2.75, 3.05) is 0 Å². The van der Waals surface area contributed by atoms with Gasteiger partial charge in [-0.3, -0.25) is 0 Å². The first kappa shape index (κ1) is 14.5. The average molecular weight is 278 g/mol. The van der Waals surface area contributed by atoms with Gasteiger partial charge in [0.05, 0.1) is 0 Å². The maximum Gasteiger partial charge on any atom is 0.488 e. The Morgan fingerprint density at radius 1 is 1.10 bits per heavy atom. The summed E-state index contributed by atoms with van der Waals surface area (Å²) in [7, 11) is -1.79. The highest BCUT2D eigenvalue weighted by Crippen LogP contribution is 2.17. The molecule has 2 N–H and O–H groups in total. The quantitative estimate of drug-likeness (QED) is 0.834. The van der Waals surface area contributed by atoms with E-state index in [9.17, 15) is 18.8 Å². The Hall–Kier alpha value is -1.92. The zero-order valence-electron chi connectivity index (χ0n) is 10.8. The fourth-order valence-electron chi connectivity index (χ4n) is 1.76. The minimum Gasteiger partial charge on any atom is -0.489 e. The van der Waals surface area contributed by atoms with Gasteiger partial charge in [0, 0.05) is 6.07 Å². The first-order valence-corrected chi connectivity index (χ1v) is 6.01. The van der Waals surface area contributed by atoms with Gasteiger partial charge in [-0.2, -0.15) is 0 Å². The molecule has 0 aliphatic rings. The number of halogens is 2. The number of benzene rings is 2. The van der Waals surface area contributed by atoms with E-state index in [4.69, 9.17) is 4.74 Å². The number of rotatable bonds is 4. The predicted octanol–water partition coefficient (Wildman–Crippen LogP) is 1.53. The van der Waals surface area contributed by atoms with Crippen LogP contribution in [-0.2, 0) is 6.61 Å². The third kappa shape index (κ3) is 3.34. The lowest BCUT2D eigenvalue weighted by Gasteiger charge is -2.11. The molecule has 0 heterocycles. The SMILES string of the molecule is Cc1ccc(OCc2ccc(F)cc2B(O)O)cc1F. The highest BCUT2D eigenvalue weighted by Gasteiger charge is 2.17. The molecule has 0 aromatic heterocycles. The maximum absolute atomic E-state index is 13.4. The monoisotopic (exact) mass is 278 g/mol. The van der Waals surface area contributed by atoms with Crippen LogP contribution in [0.1, 0.15) is 11.1 Å². The third-order valence-corrected chi connectivity index (χ3v) is 2.92. The molecule has 0 aliphatic carbocycles. The molecule has 0 atom stereocenters. The van der Waals surface area contributed by atoms with Crippen LogP contribution in [-0.4, -0.2) is 17.2 Å². The molecule has 2 aromatic carbocycles. The molecule has 20 heavy (non-hydrogen) atoms. The van der Waals surface area contributed by atoms with E-state index >= 15 is 0 Å². The molecule has 6 heteroatoms. The van der Waals surface area contributed by atoms with Crippen LogP contribution in [0.5, 0.6) is 5.75 Å². The fraction of sp³-hybridized carbons (Fsp3) is 0.143. The van der Waals surface area contributed by atoms with Crippen LogP contribution in [0, 0.1) is 18.6 Å². The van der Waals surface area contributed by atoms with E-state index in [0.29, 0.717) is 16.9 Å². The van der Waals surface area contributed by atoms with Gasteiger partial charge in [0.15, 0.2) is 0 Å². The molecule has 3 nitrogen and oxygen atoms in total. The summed E-state index contributed by atoms with van der Waals surface area (Å²) in [6.07, 6.45) is 0.